The van der Waals surface area contributed by atoms with Gasteiger partial charge in [-0.15, -0.1) is 11.3 Å². The van der Waals surface area contributed by atoms with Crippen molar-refractivity contribution in [3.05, 3.63) is 97.8 Å². The minimum atomic E-state index is -0.125. The quantitative estimate of drug-likeness (QED) is 0.352. The van der Waals surface area contributed by atoms with E-state index >= 15 is 0 Å². The van der Waals surface area contributed by atoms with Crippen LogP contribution >= 0.6 is 27.3 Å². The molecule has 2 heterocycles. The van der Waals surface area contributed by atoms with E-state index in [1.54, 1.807) is 21.6 Å². The Hall–Kier alpha value is -2.81. The number of thiophene rings is 1. The highest BCUT2D eigenvalue weighted by Crippen LogP contribution is 2.18. The van der Waals surface area contributed by atoms with Crippen LogP contribution in [0.4, 0.5) is 0 Å². The fraction of sp³-hybridized carbons (Fsp3) is 0.240. The van der Waals surface area contributed by atoms with Gasteiger partial charge in [0.1, 0.15) is 10.7 Å². The Morgan fingerprint density at radius 3 is 2.55 bits per heavy atom. The topological polar surface area (TPSA) is 75.4 Å². The number of carbonyl (C=O) groups is 1. The summed E-state index contributed by atoms with van der Waals surface area (Å²) in [6.45, 7) is 1.05. The van der Waals surface area contributed by atoms with Crippen molar-refractivity contribution < 1.29 is 9.90 Å². The lowest BCUT2D eigenvalue weighted by atomic mass is 10.1. The third kappa shape index (κ3) is 5.58. The molecule has 4 aromatic rings. The first-order chi connectivity index (χ1) is 16.1. The molecule has 0 spiro atoms. The lowest BCUT2D eigenvalue weighted by molar-refractivity contribution is 0.0719. The Balaban J connectivity index is 1.54. The Morgan fingerprint density at radius 1 is 1.06 bits per heavy atom. The zero-order valence-electron chi connectivity index (χ0n) is 18.0. The van der Waals surface area contributed by atoms with Crippen molar-refractivity contribution in [3.8, 4) is 0 Å². The molecule has 33 heavy (non-hydrogen) atoms. The van der Waals surface area contributed by atoms with Gasteiger partial charge in [-0.25, -0.2) is 4.98 Å². The number of amides is 1. The molecule has 8 heteroatoms. The predicted octanol–water partition coefficient (Wildman–Crippen LogP) is 4.34. The van der Waals surface area contributed by atoms with Crippen molar-refractivity contribution in [2.75, 3.05) is 19.7 Å². The Morgan fingerprint density at radius 2 is 1.82 bits per heavy atom. The van der Waals surface area contributed by atoms with E-state index in [-0.39, 0.29) is 24.6 Å². The van der Waals surface area contributed by atoms with Crippen LogP contribution < -0.4 is 5.56 Å². The summed E-state index contributed by atoms with van der Waals surface area (Å²) >= 11 is 4.84. The Kier molecular flexibility index (Phi) is 7.69. The molecule has 6 nitrogen and oxygen atoms in total. The highest BCUT2D eigenvalue weighted by Gasteiger charge is 2.17. The van der Waals surface area contributed by atoms with Gasteiger partial charge in [-0.05, 0) is 47.7 Å². The number of benzene rings is 2. The van der Waals surface area contributed by atoms with Crippen LogP contribution in [0.15, 0.2) is 75.3 Å². The van der Waals surface area contributed by atoms with Crippen molar-refractivity contribution >= 4 is 43.4 Å². The second-order valence-electron chi connectivity index (χ2n) is 7.67. The van der Waals surface area contributed by atoms with Gasteiger partial charge in [0.15, 0.2) is 0 Å². The molecule has 0 unspecified atom stereocenters. The van der Waals surface area contributed by atoms with Crippen molar-refractivity contribution in [1.29, 1.82) is 0 Å². The van der Waals surface area contributed by atoms with Crippen LogP contribution in [0.2, 0.25) is 0 Å². The van der Waals surface area contributed by atoms with Gasteiger partial charge in [-0.2, -0.15) is 0 Å². The molecular formula is C25H24BrN3O3S. The number of aromatic nitrogens is 2. The molecule has 0 saturated heterocycles. The highest BCUT2D eigenvalue weighted by molar-refractivity contribution is 9.10. The second-order valence-corrected chi connectivity index (χ2v) is 9.48. The van der Waals surface area contributed by atoms with E-state index in [1.807, 2.05) is 53.9 Å². The molecule has 2 aromatic heterocycles. The van der Waals surface area contributed by atoms with E-state index in [1.165, 1.54) is 11.3 Å². The van der Waals surface area contributed by atoms with Crippen LogP contribution in [0.25, 0.3) is 10.2 Å². The van der Waals surface area contributed by atoms with Crippen LogP contribution in [0, 0.1) is 0 Å². The van der Waals surface area contributed by atoms with Crippen molar-refractivity contribution in [2.45, 2.75) is 19.4 Å². The average molecular weight is 526 g/mol. The summed E-state index contributed by atoms with van der Waals surface area (Å²) in [6, 6.07) is 18.9. The van der Waals surface area contributed by atoms with Crippen molar-refractivity contribution in [3.63, 3.8) is 0 Å². The van der Waals surface area contributed by atoms with Gasteiger partial charge in [-0.1, -0.05) is 46.3 Å². The van der Waals surface area contributed by atoms with Gasteiger partial charge in [0, 0.05) is 29.5 Å². The van der Waals surface area contributed by atoms with Crippen molar-refractivity contribution in [1.82, 2.24) is 14.5 Å². The van der Waals surface area contributed by atoms with Gasteiger partial charge < -0.3 is 10.0 Å². The summed E-state index contributed by atoms with van der Waals surface area (Å²) < 4.78 is 2.64. The predicted molar refractivity (Wildman–Crippen MR) is 135 cm³/mol. The molecule has 0 bridgehead atoms. The normalized spacial score (nSPS) is 11.1. The van der Waals surface area contributed by atoms with Crippen LogP contribution in [-0.4, -0.2) is 45.2 Å². The van der Waals surface area contributed by atoms with E-state index in [0.717, 1.165) is 14.9 Å². The summed E-state index contributed by atoms with van der Waals surface area (Å²) in [5, 5.41) is 12.0. The lowest BCUT2D eigenvalue weighted by Crippen LogP contribution is -2.35. The number of hydrogen-bond acceptors (Lipinski definition) is 5. The molecule has 0 fully saturated rings. The zero-order chi connectivity index (χ0) is 23.2. The van der Waals surface area contributed by atoms with Crippen LogP contribution in [-0.2, 0) is 13.0 Å². The fourth-order valence-electron chi connectivity index (χ4n) is 3.75. The molecular weight excluding hydrogens is 502 g/mol. The SMILES string of the molecule is O=C(c1ccc(Br)cc1)N(CCO)CCCc1nc2sccc2c(=O)n1Cc1ccccc1. The van der Waals surface area contributed by atoms with E-state index < -0.39 is 0 Å². The summed E-state index contributed by atoms with van der Waals surface area (Å²) in [5.74, 6) is 0.582. The van der Waals surface area contributed by atoms with Gasteiger partial charge in [0.2, 0.25) is 0 Å². The second kappa shape index (κ2) is 10.9. The third-order valence-corrected chi connectivity index (χ3v) is 6.76. The molecule has 1 N–H and O–H groups in total. The molecule has 0 aliphatic carbocycles. The van der Waals surface area contributed by atoms with E-state index in [4.69, 9.17) is 4.98 Å². The maximum absolute atomic E-state index is 13.2. The number of carbonyl (C=O) groups excluding carboxylic acids is 1. The molecule has 0 saturated carbocycles. The van der Waals surface area contributed by atoms with Crippen LogP contribution in [0.5, 0.6) is 0 Å². The summed E-state index contributed by atoms with van der Waals surface area (Å²) in [4.78, 5) is 33.2. The molecule has 0 atom stereocenters. The maximum atomic E-state index is 13.2. The first kappa shape index (κ1) is 23.4. The molecule has 0 radical (unpaired) electrons. The Labute approximate surface area is 204 Å². The largest absolute Gasteiger partial charge is 0.395 e. The minimum Gasteiger partial charge on any atom is -0.395 e. The van der Waals surface area contributed by atoms with Gasteiger partial charge in [-0.3, -0.25) is 14.2 Å². The molecule has 0 aliphatic rings. The number of aliphatic hydroxyl groups excluding tert-OH is 1. The zero-order valence-corrected chi connectivity index (χ0v) is 20.4. The fourth-order valence-corrected chi connectivity index (χ4v) is 4.79. The monoisotopic (exact) mass is 525 g/mol. The molecule has 2 aromatic carbocycles. The minimum absolute atomic E-state index is 0.0433. The Bertz CT molecular complexity index is 1290. The van der Waals surface area contributed by atoms with Crippen LogP contribution in [0.3, 0.4) is 0 Å². The van der Waals surface area contributed by atoms with Gasteiger partial charge in [0.05, 0.1) is 18.5 Å². The lowest BCUT2D eigenvalue weighted by Gasteiger charge is -2.22. The van der Waals surface area contributed by atoms with Crippen LogP contribution in [0.1, 0.15) is 28.2 Å². The summed E-state index contributed by atoms with van der Waals surface area (Å²) in [5.41, 5.74) is 1.56. The highest BCUT2D eigenvalue weighted by atomic mass is 79.9. The molecule has 1 amide bonds. The van der Waals surface area contributed by atoms with E-state index in [2.05, 4.69) is 15.9 Å². The summed E-state index contributed by atoms with van der Waals surface area (Å²) in [6.07, 6.45) is 1.17. The number of hydrogen-bond donors (Lipinski definition) is 1. The standard InChI is InChI=1S/C25H24BrN3O3S/c26-20-10-8-19(9-11-20)24(31)28(14-15-30)13-4-7-22-27-23-21(12-16-33-23)25(32)29(22)17-18-5-2-1-3-6-18/h1-3,5-6,8-12,16,30H,4,7,13-15,17H2. The number of aliphatic hydroxyl groups is 1. The first-order valence-electron chi connectivity index (χ1n) is 10.7. The van der Waals surface area contributed by atoms with E-state index in [9.17, 15) is 14.7 Å². The number of halogens is 1. The van der Waals surface area contributed by atoms with E-state index in [0.29, 0.717) is 42.7 Å². The smallest absolute Gasteiger partial charge is 0.262 e. The average Bonchev–Trinajstić information content (AvgIpc) is 3.30. The number of fused-ring (bicyclic) bond motifs is 1. The summed E-state index contributed by atoms with van der Waals surface area (Å²) in [7, 11) is 0. The van der Waals surface area contributed by atoms with Gasteiger partial charge >= 0.3 is 0 Å². The number of aryl methyl sites for hydroxylation is 1. The molecule has 4 rings (SSSR count). The third-order valence-electron chi connectivity index (χ3n) is 5.42. The molecule has 0 aliphatic heterocycles. The first-order valence-corrected chi connectivity index (χ1v) is 12.4. The van der Waals surface area contributed by atoms with Crippen molar-refractivity contribution in [2.24, 2.45) is 0 Å². The number of nitrogens with zero attached hydrogens (tertiary/aromatic N) is 3. The maximum Gasteiger partial charge on any atom is 0.262 e. The number of rotatable bonds is 9. The molecule has 170 valence electrons. The van der Waals surface area contributed by atoms with Gasteiger partial charge in [0.25, 0.3) is 11.5 Å².